The zero-order valence-corrected chi connectivity index (χ0v) is 7.32. The van der Waals surface area contributed by atoms with Gasteiger partial charge in [0, 0.05) is 5.92 Å². The molecule has 0 aliphatic heterocycles. The molecule has 1 saturated carbocycles. The van der Waals surface area contributed by atoms with E-state index in [1.165, 1.54) is 0 Å². The first kappa shape index (κ1) is 9.17. The van der Waals surface area contributed by atoms with Crippen molar-refractivity contribution >= 4 is 12.6 Å². The van der Waals surface area contributed by atoms with Crippen molar-refractivity contribution in [2.24, 2.45) is 17.8 Å². The van der Waals surface area contributed by atoms with Crippen LogP contribution in [0, 0.1) is 17.8 Å². The largest absolute Gasteiger partial charge is 0.303 e. The average molecular weight is 166 g/mol. The number of allylic oxidation sites excluding steroid dienone is 1. The van der Waals surface area contributed by atoms with Gasteiger partial charge in [0.1, 0.15) is 12.6 Å². The van der Waals surface area contributed by atoms with Crippen LogP contribution >= 0.6 is 0 Å². The molecule has 0 aromatic rings. The average Bonchev–Trinajstić information content (AvgIpc) is 2.45. The molecule has 2 heteroatoms. The number of rotatable bonds is 3. The summed E-state index contributed by atoms with van der Waals surface area (Å²) in [4.78, 5) is 21.1. The third-order valence-electron chi connectivity index (χ3n) is 2.84. The molecule has 3 atom stereocenters. The first-order valence-electron chi connectivity index (χ1n) is 4.30. The zero-order chi connectivity index (χ0) is 9.14. The summed E-state index contributed by atoms with van der Waals surface area (Å²) < 4.78 is 0. The van der Waals surface area contributed by atoms with Crippen molar-refractivity contribution in [2.45, 2.75) is 19.8 Å². The van der Waals surface area contributed by atoms with E-state index in [1.807, 2.05) is 0 Å². The van der Waals surface area contributed by atoms with Crippen LogP contribution in [0.4, 0.5) is 0 Å². The van der Waals surface area contributed by atoms with Gasteiger partial charge in [-0.05, 0) is 30.3 Å². The van der Waals surface area contributed by atoms with E-state index >= 15 is 0 Å². The molecule has 0 N–H and O–H groups in total. The van der Waals surface area contributed by atoms with Gasteiger partial charge < -0.3 is 4.79 Å². The lowest BCUT2D eigenvalue weighted by Gasteiger charge is -2.15. The molecule has 0 unspecified atom stereocenters. The van der Waals surface area contributed by atoms with E-state index in [0.29, 0.717) is 11.5 Å². The predicted molar refractivity (Wildman–Crippen MR) is 46.6 cm³/mol. The lowest BCUT2D eigenvalue weighted by Crippen LogP contribution is -2.16. The number of aldehydes is 2. The molecule has 1 rings (SSSR count). The predicted octanol–water partition coefficient (Wildman–Crippen LogP) is 1.60. The van der Waals surface area contributed by atoms with E-state index in [2.05, 4.69) is 13.5 Å². The Bertz CT molecular complexity index is 208. The van der Waals surface area contributed by atoms with Crippen molar-refractivity contribution in [3.05, 3.63) is 12.2 Å². The summed E-state index contributed by atoms with van der Waals surface area (Å²) in [5.41, 5.74) is 0.580. The summed E-state index contributed by atoms with van der Waals surface area (Å²) in [6.45, 7) is 5.71. The van der Waals surface area contributed by atoms with Gasteiger partial charge in [0.2, 0.25) is 0 Å². The van der Waals surface area contributed by atoms with Crippen LogP contribution < -0.4 is 0 Å². The van der Waals surface area contributed by atoms with Gasteiger partial charge in [0.25, 0.3) is 0 Å². The fraction of sp³-hybridized carbons (Fsp3) is 0.600. The molecule has 2 nitrogen and oxygen atoms in total. The Morgan fingerprint density at radius 1 is 1.42 bits per heavy atom. The summed E-state index contributed by atoms with van der Waals surface area (Å²) >= 11 is 0. The van der Waals surface area contributed by atoms with E-state index in [1.54, 1.807) is 0 Å². The number of hydrogen-bond donors (Lipinski definition) is 0. The second-order valence-corrected chi connectivity index (χ2v) is 3.57. The second kappa shape index (κ2) is 3.65. The van der Waals surface area contributed by atoms with Crippen molar-refractivity contribution in [3.63, 3.8) is 0 Å². The molecular formula is C10H14O2. The van der Waals surface area contributed by atoms with E-state index < -0.39 is 0 Å². The van der Waals surface area contributed by atoms with E-state index in [-0.39, 0.29) is 11.8 Å². The van der Waals surface area contributed by atoms with Gasteiger partial charge >= 0.3 is 0 Å². The monoisotopic (exact) mass is 166 g/mol. The molecule has 0 bridgehead atoms. The Kier molecular flexibility index (Phi) is 2.79. The number of hydrogen-bond acceptors (Lipinski definition) is 2. The van der Waals surface area contributed by atoms with Gasteiger partial charge in [-0.2, -0.15) is 0 Å². The summed E-state index contributed by atoms with van der Waals surface area (Å²) in [7, 11) is 0. The summed E-state index contributed by atoms with van der Waals surface area (Å²) in [6.07, 6.45) is 3.71. The molecule has 0 aromatic carbocycles. The van der Waals surface area contributed by atoms with E-state index in [9.17, 15) is 9.59 Å². The molecular weight excluding hydrogens is 152 g/mol. The molecule has 0 spiro atoms. The van der Waals surface area contributed by atoms with Crippen LogP contribution in [-0.2, 0) is 9.59 Å². The fourth-order valence-electron chi connectivity index (χ4n) is 1.97. The SMILES string of the molecule is C=C(C=O)[C@@H]1CC[C@H](C)[C@H]1C=O. The molecule has 0 radical (unpaired) electrons. The Morgan fingerprint density at radius 2 is 2.08 bits per heavy atom. The smallest absolute Gasteiger partial charge is 0.145 e. The molecule has 0 saturated heterocycles. The van der Waals surface area contributed by atoms with Crippen LogP contribution in [0.25, 0.3) is 0 Å². The summed E-state index contributed by atoms with van der Waals surface area (Å²) in [6, 6.07) is 0. The highest BCUT2D eigenvalue weighted by Gasteiger charge is 2.34. The lowest BCUT2D eigenvalue weighted by molar-refractivity contribution is -0.112. The van der Waals surface area contributed by atoms with Crippen LogP contribution in [-0.4, -0.2) is 12.6 Å². The molecule has 12 heavy (non-hydrogen) atoms. The third kappa shape index (κ3) is 1.47. The van der Waals surface area contributed by atoms with Crippen molar-refractivity contribution < 1.29 is 9.59 Å². The van der Waals surface area contributed by atoms with Crippen LogP contribution in [0.1, 0.15) is 19.8 Å². The molecule has 0 heterocycles. The maximum absolute atomic E-state index is 10.7. The molecule has 66 valence electrons. The van der Waals surface area contributed by atoms with Gasteiger partial charge in [-0.1, -0.05) is 13.5 Å². The molecule has 0 amide bonds. The summed E-state index contributed by atoms with van der Waals surface area (Å²) in [5, 5.41) is 0. The maximum Gasteiger partial charge on any atom is 0.145 e. The molecule has 1 aliphatic carbocycles. The van der Waals surface area contributed by atoms with Crippen molar-refractivity contribution in [2.75, 3.05) is 0 Å². The standard InChI is InChI=1S/C10H14O2/c1-7-3-4-9(8(2)5-11)10(7)6-12/h5-7,9-10H,2-4H2,1H3/t7-,9-,10+/m0/s1. The quantitative estimate of drug-likeness (QED) is 0.471. The van der Waals surface area contributed by atoms with E-state index in [4.69, 9.17) is 0 Å². The number of carbonyl (C=O) groups excluding carboxylic acids is 2. The van der Waals surface area contributed by atoms with Crippen LogP contribution in [0.5, 0.6) is 0 Å². The highest BCUT2D eigenvalue weighted by Crippen LogP contribution is 2.38. The molecule has 1 fully saturated rings. The van der Waals surface area contributed by atoms with Gasteiger partial charge in [-0.25, -0.2) is 0 Å². The Morgan fingerprint density at radius 3 is 2.58 bits per heavy atom. The van der Waals surface area contributed by atoms with Crippen molar-refractivity contribution in [3.8, 4) is 0 Å². The lowest BCUT2D eigenvalue weighted by atomic mass is 9.87. The highest BCUT2D eigenvalue weighted by atomic mass is 16.1. The zero-order valence-electron chi connectivity index (χ0n) is 7.32. The Balaban J connectivity index is 2.72. The van der Waals surface area contributed by atoms with Gasteiger partial charge in [0.15, 0.2) is 0 Å². The van der Waals surface area contributed by atoms with Crippen LogP contribution in [0.3, 0.4) is 0 Å². The number of carbonyl (C=O) groups is 2. The first-order valence-corrected chi connectivity index (χ1v) is 4.30. The third-order valence-corrected chi connectivity index (χ3v) is 2.84. The molecule has 0 aromatic heterocycles. The summed E-state index contributed by atoms with van der Waals surface area (Å²) in [5.74, 6) is 0.530. The maximum atomic E-state index is 10.7. The van der Waals surface area contributed by atoms with Gasteiger partial charge in [-0.3, -0.25) is 4.79 Å². The highest BCUT2D eigenvalue weighted by molar-refractivity contribution is 5.74. The van der Waals surface area contributed by atoms with Crippen LogP contribution in [0.15, 0.2) is 12.2 Å². The van der Waals surface area contributed by atoms with E-state index in [0.717, 1.165) is 25.4 Å². The fourth-order valence-corrected chi connectivity index (χ4v) is 1.97. The molecule has 1 aliphatic rings. The van der Waals surface area contributed by atoms with Crippen molar-refractivity contribution in [1.82, 2.24) is 0 Å². The minimum Gasteiger partial charge on any atom is -0.303 e. The van der Waals surface area contributed by atoms with Gasteiger partial charge in [-0.15, -0.1) is 0 Å². The first-order chi connectivity index (χ1) is 5.70. The van der Waals surface area contributed by atoms with Crippen LogP contribution in [0.2, 0.25) is 0 Å². The second-order valence-electron chi connectivity index (χ2n) is 3.57. The minimum atomic E-state index is 0.0164. The Hall–Kier alpha value is -0.920. The Labute approximate surface area is 72.7 Å². The minimum absolute atomic E-state index is 0.0164. The normalized spacial score (nSPS) is 34.6. The topological polar surface area (TPSA) is 34.1 Å². The van der Waals surface area contributed by atoms with Gasteiger partial charge in [0.05, 0.1) is 0 Å². The van der Waals surface area contributed by atoms with Crippen molar-refractivity contribution in [1.29, 1.82) is 0 Å².